The molecule has 0 saturated heterocycles. The maximum atomic E-state index is 14.1. The zero-order chi connectivity index (χ0) is 26.0. The topological polar surface area (TPSA) is 65.6 Å². The van der Waals surface area contributed by atoms with Gasteiger partial charge in [-0.3, -0.25) is 14.2 Å². The van der Waals surface area contributed by atoms with Crippen molar-refractivity contribution in [3.63, 3.8) is 0 Å². The van der Waals surface area contributed by atoms with Crippen molar-refractivity contribution in [1.29, 1.82) is 0 Å². The third kappa shape index (κ3) is 3.72. The number of thiazole rings is 1. The van der Waals surface area contributed by atoms with E-state index in [2.05, 4.69) is 24.5 Å². The standard InChI is InChI=1S/C30H29N3O3S/c1-16-14-21(18(3)32(16)22-11-12-22)15-25-29(35)33-28(26(19(4)34)17(2)31-30(33)37-25)27-23-9-7-6-8-20(23)10-13-24(27)36-5/h6-10,13-15,22,28H,11-12H2,1-5H3/b25-15-. The molecule has 188 valence electrons. The number of fused-ring (bicyclic) bond motifs is 2. The average Bonchev–Trinajstić information content (AvgIpc) is 3.60. The predicted octanol–water partition coefficient (Wildman–Crippen LogP) is 4.74. The summed E-state index contributed by atoms with van der Waals surface area (Å²) in [7, 11) is 1.62. The number of ether oxygens (including phenoxy) is 1. The van der Waals surface area contributed by atoms with Gasteiger partial charge in [-0.25, -0.2) is 4.99 Å². The number of Topliss-reactive ketones (excluding diaryl/α,β-unsaturated/α-hetero) is 1. The lowest BCUT2D eigenvalue weighted by Crippen LogP contribution is -2.39. The number of benzene rings is 2. The zero-order valence-corrected chi connectivity index (χ0v) is 22.5. The molecule has 1 atom stereocenters. The first-order valence-electron chi connectivity index (χ1n) is 12.6. The van der Waals surface area contributed by atoms with Gasteiger partial charge in [0.25, 0.3) is 5.56 Å². The number of methoxy groups -OCH3 is 1. The molecule has 2 aliphatic rings. The summed E-state index contributed by atoms with van der Waals surface area (Å²) in [6.07, 6.45) is 4.39. The second kappa shape index (κ2) is 8.70. The normalized spacial score (nSPS) is 17.8. The maximum absolute atomic E-state index is 14.1. The Labute approximate surface area is 218 Å². The molecule has 0 spiro atoms. The van der Waals surface area contributed by atoms with Gasteiger partial charge in [0.05, 0.1) is 17.7 Å². The molecule has 1 unspecified atom stereocenters. The molecular formula is C30H29N3O3S. The van der Waals surface area contributed by atoms with Gasteiger partial charge < -0.3 is 9.30 Å². The van der Waals surface area contributed by atoms with Crippen molar-refractivity contribution in [2.75, 3.05) is 7.11 Å². The van der Waals surface area contributed by atoms with Crippen LogP contribution in [-0.2, 0) is 4.79 Å². The number of rotatable bonds is 5. The molecule has 1 fully saturated rings. The number of allylic oxidation sites excluding steroid dienone is 2. The number of ketones is 1. The summed E-state index contributed by atoms with van der Waals surface area (Å²) in [4.78, 5) is 32.4. The number of carbonyl (C=O) groups excluding carboxylic acids is 1. The van der Waals surface area contributed by atoms with Crippen molar-refractivity contribution in [2.24, 2.45) is 4.99 Å². The zero-order valence-electron chi connectivity index (χ0n) is 21.7. The molecule has 1 aliphatic carbocycles. The van der Waals surface area contributed by atoms with Gasteiger partial charge in [0.1, 0.15) is 5.75 Å². The second-order valence-corrected chi connectivity index (χ2v) is 11.0. The summed E-state index contributed by atoms with van der Waals surface area (Å²) >= 11 is 1.37. The summed E-state index contributed by atoms with van der Waals surface area (Å²) in [6.45, 7) is 7.64. The number of hydrogen-bond acceptors (Lipinski definition) is 5. The fourth-order valence-corrected chi connectivity index (χ4v) is 6.80. The van der Waals surface area contributed by atoms with E-state index in [1.54, 1.807) is 18.6 Å². The third-order valence-corrected chi connectivity index (χ3v) is 8.53. The van der Waals surface area contributed by atoms with E-state index in [0.29, 0.717) is 32.4 Å². The Morgan fingerprint density at radius 2 is 1.86 bits per heavy atom. The minimum atomic E-state index is -0.629. The fraction of sp³-hybridized carbons (Fsp3) is 0.300. The van der Waals surface area contributed by atoms with Crippen molar-refractivity contribution < 1.29 is 9.53 Å². The van der Waals surface area contributed by atoms with E-state index < -0.39 is 6.04 Å². The van der Waals surface area contributed by atoms with Gasteiger partial charge in [-0.1, -0.05) is 41.7 Å². The van der Waals surface area contributed by atoms with Gasteiger partial charge in [0.15, 0.2) is 10.6 Å². The largest absolute Gasteiger partial charge is 0.496 e. The van der Waals surface area contributed by atoms with E-state index in [1.165, 1.54) is 35.6 Å². The molecule has 1 saturated carbocycles. The Hall–Kier alpha value is -3.71. The highest BCUT2D eigenvalue weighted by molar-refractivity contribution is 7.07. The molecule has 3 heterocycles. The number of aromatic nitrogens is 2. The quantitative estimate of drug-likeness (QED) is 0.389. The number of carbonyl (C=O) groups is 1. The molecule has 0 amide bonds. The van der Waals surface area contributed by atoms with Crippen LogP contribution in [0.2, 0.25) is 0 Å². The lowest BCUT2D eigenvalue weighted by Gasteiger charge is -2.27. The maximum Gasteiger partial charge on any atom is 0.271 e. The molecule has 2 aromatic heterocycles. The first kappa shape index (κ1) is 23.7. The Morgan fingerprint density at radius 1 is 1.11 bits per heavy atom. The molecule has 2 aromatic carbocycles. The summed E-state index contributed by atoms with van der Waals surface area (Å²) in [6, 6.07) is 14.0. The monoisotopic (exact) mass is 511 g/mol. The van der Waals surface area contributed by atoms with E-state index in [4.69, 9.17) is 9.73 Å². The van der Waals surface area contributed by atoms with Gasteiger partial charge in [-0.15, -0.1) is 0 Å². The van der Waals surface area contributed by atoms with Crippen LogP contribution in [0.1, 0.15) is 61.3 Å². The molecule has 4 aromatic rings. The fourth-order valence-electron chi connectivity index (χ4n) is 5.76. The number of hydrogen-bond donors (Lipinski definition) is 0. The summed E-state index contributed by atoms with van der Waals surface area (Å²) in [5.41, 5.74) is 5.25. The van der Waals surface area contributed by atoms with E-state index in [0.717, 1.165) is 21.9 Å². The minimum absolute atomic E-state index is 0.108. The highest BCUT2D eigenvalue weighted by atomic mass is 32.1. The first-order valence-corrected chi connectivity index (χ1v) is 13.4. The van der Waals surface area contributed by atoms with Crippen LogP contribution in [0.4, 0.5) is 0 Å². The first-order chi connectivity index (χ1) is 17.8. The molecule has 7 heteroatoms. The number of nitrogens with zero attached hydrogens (tertiary/aromatic N) is 3. The predicted molar refractivity (Wildman–Crippen MR) is 147 cm³/mol. The molecular weight excluding hydrogens is 482 g/mol. The lowest BCUT2D eigenvalue weighted by molar-refractivity contribution is -0.114. The molecule has 6 rings (SSSR count). The summed E-state index contributed by atoms with van der Waals surface area (Å²) < 4.78 is 10.5. The van der Waals surface area contributed by atoms with Crippen molar-refractivity contribution in [2.45, 2.75) is 52.6 Å². The van der Waals surface area contributed by atoms with Gasteiger partial charge in [-0.05, 0) is 75.1 Å². The van der Waals surface area contributed by atoms with Crippen LogP contribution in [0.25, 0.3) is 16.8 Å². The molecule has 0 N–H and O–H groups in total. The van der Waals surface area contributed by atoms with Crippen LogP contribution in [0.15, 0.2) is 63.5 Å². The van der Waals surface area contributed by atoms with E-state index >= 15 is 0 Å². The van der Waals surface area contributed by atoms with Crippen LogP contribution in [0.5, 0.6) is 5.75 Å². The SMILES string of the molecule is COc1ccc2ccccc2c1C1C(C(C)=O)=C(C)N=c2s/c(=C\c3cc(C)n(C4CC4)c3C)c(=O)n21. The number of aryl methyl sites for hydroxylation is 1. The van der Waals surface area contributed by atoms with Gasteiger partial charge >= 0.3 is 0 Å². The highest BCUT2D eigenvalue weighted by Crippen LogP contribution is 2.40. The molecule has 0 radical (unpaired) electrons. The van der Waals surface area contributed by atoms with E-state index in [-0.39, 0.29) is 11.3 Å². The summed E-state index contributed by atoms with van der Waals surface area (Å²) in [5.74, 6) is 0.531. The third-order valence-electron chi connectivity index (χ3n) is 7.55. The van der Waals surface area contributed by atoms with Gasteiger partial charge in [0, 0.05) is 34.3 Å². The van der Waals surface area contributed by atoms with Crippen LogP contribution in [-0.4, -0.2) is 22.0 Å². The average molecular weight is 512 g/mol. The van der Waals surface area contributed by atoms with Crippen LogP contribution in [0.3, 0.4) is 0 Å². The van der Waals surface area contributed by atoms with Gasteiger partial charge in [-0.2, -0.15) is 0 Å². The highest BCUT2D eigenvalue weighted by Gasteiger charge is 2.34. The second-order valence-electron chi connectivity index (χ2n) is 9.97. The molecule has 37 heavy (non-hydrogen) atoms. The smallest absolute Gasteiger partial charge is 0.271 e. The Bertz CT molecular complexity index is 1810. The summed E-state index contributed by atoms with van der Waals surface area (Å²) in [5, 5.41) is 1.97. The molecule has 6 nitrogen and oxygen atoms in total. The van der Waals surface area contributed by atoms with Crippen LogP contribution >= 0.6 is 11.3 Å². The molecule has 0 bridgehead atoms. The van der Waals surface area contributed by atoms with Crippen molar-refractivity contribution in [3.05, 3.63) is 95.9 Å². The Kier molecular flexibility index (Phi) is 5.57. The minimum Gasteiger partial charge on any atom is -0.496 e. The molecule has 1 aliphatic heterocycles. The van der Waals surface area contributed by atoms with Crippen molar-refractivity contribution in [1.82, 2.24) is 9.13 Å². The van der Waals surface area contributed by atoms with E-state index in [1.807, 2.05) is 49.4 Å². The van der Waals surface area contributed by atoms with E-state index in [9.17, 15) is 9.59 Å². The van der Waals surface area contributed by atoms with Crippen LogP contribution in [0, 0.1) is 13.8 Å². The van der Waals surface area contributed by atoms with Crippen molar-refractivity contribution >= 4 is 34.0 Å². The van der Waals surface area contributed by atoms with Crippen LogP contribution < -0.4 is 19.6 Å². The van der Waals surface area contributed by atoms with Gasteiger partial charge in [0.2, 0.25) is 0 Å². The lowest BCUT2D eigenvalue weighted by atomic mass is 9.89. The van der Waals surface area contributed by atoms with Crippen molar-refractivity contribution in [3.8, 4) is 5.75 Å². The Morgan fingerprint density at radius 3 is 2.57 bits per heavy atom. The Balaban J connectivity index is 1.64.